The van der Waals surface area contributed by atoms with Gasteiger partial charge in [0.05, 0.1) is 16.8 Å². The van der Waals surface area contributed by atoms with Gasteiger partial charge in [0.2, 0.25) is 0 Å². The molecule has 0 fully saturated rings. The molecular formula is C37H40N2S. The Morgan fingerprint density at radius 1 is 0.550 bits per heavy atom. The number of nitrogens with one attached hydrogen (secondary N) is 1. The summed E-state index contributed by atoms with van der Waals surface area (Å²) in [7, 11) is -1.57. The third-order valence-electron chi connectivity index (χ3n) is 7.68. The predicted octanol–water partition coefficient (Wildman–Crippen LogP) is 10.4. The topological polar surface area (TPSA) is 24.9 Å². The summed E-state index contributed by atoms with van der Waals surface area (Å²) in [5, 5.41) is 5.13. The molecule has 5 rings (SSSR count). The SMILES string of the molecule is CC(C)c1cccc(C(C)C)c1NC(c1ccccc1)c1cccc(S(C)(c2ccccc2)c2ccccc2)n1. The monoisotopic (exact) mass is 544 g/mol. The Kier molecular flexibility index (Phi) is 8.42. The van der Waals surface area contributed by atoms with Gasteiger partial charge in [-0.3, -0.25) is 0 Å². The molecule has 2 nitrogen and oxygen atoms in total. The number of para-hydroxylation sites is 1. The van der Waals surface area contributed by atoms with E-state index in [9.17, 15) is 0 Å². The van der Waals surface area contributed by atoms with Gasteiger partial charge in [0.25, 0.3) is 0 Å². The minimum atomic E-state index is -1.57. The average molecular weight is 545 g/mol. The first-order valence-electron chi connectivity index (χ1n) is 14.2. The molecule has 4 aromatic carbocycles. The summed E-state index contributed by atoms with van der Waals surface area (Å²) in [6, 6.07) is 45.7. The first-order valence-corrected chi connectivity index (χ1v) is 16.2. The molecular weight excluding hydrogens is 504 g/mol. The Balaban J connectivity index is 1.68. The Labute approximate surface area is 241 Å². The van der Waals surface area contributed by atoms with Crippen molar-refractivity contribution in [1.82, 2.24) is 4.98 Å². The summed E-state index contributed by atoms with van der Waals surface area (Å²) >= 11 is 0. The van der Waals surface area contributed by atoms with Gasteiger partial charge < -0.3 is 5.32 Å². The van der Waals surface area contributed by atoms with Crippen LogP contribution in [0.1, 0.15) is 68.0 Å². The van der Waals surface area contributed by atoms with Crippen molar-refractivity contribution in [2.24, 2.45) is 0 Å². The van der Waals surface area contributed by atoms with Crippen LogP contribution in [0.3, 0.4) is 0 Å². The molecule has 1 N–H and O–H groups in total. The van der Waals surface area contributed by atoms with Crippen LogP contribution in [0.2, 0.25) is 0 Å². The standard InChI is InChI=1S/C37H40N2S/c1-27(2)32-23-15-24-33(28(3)4)37(32)39-36(29-17-9-6-10-18-29)34-25-16-26-35(38-34)40(5,30-19-11-7-12-20-30)31-21-13-8-14-22-31/h6-28,36,39H,1-5H3. The van der Waals surface area contributed by atoms with Crippen LogP contribution in [0.25, 0.3) is 0 Å². The smallest absolute Gasteiger partial charge is 0.0940 e. The van der Waals surface area contributed by atoms with Crippen LogP contribution in [-0.2, 0) is 0 Å². The van der Waals surface area contributed by atoms with Crippen molar-refractivity contribution in [2.75, 3.05) is 11.6 Å². The van der Waals surface area contributed by atoms with Gasteiger partial charge in [-0.25, -0.2) is 4.98 Å². The van der Waals surface area contributed by atoms with Crippen LogP contribution in [0.5, 0.6) is 0 Å². The summed E-state index contributed by atoms with van der Waals surface area (Å²) in [5.74, 6) is 0.807. The predicted molar refractivity (Wildman–Crippen MR) is 172 cm³/mol. The van der Waals surface area contributed by atoms with Crippen molar-refractivity contribution in [3.05, 3.63) is 150 Å². The molecule has 1 unspecified atom stereocenters. The van der Waals surface area contributed by atoms with E-state index in [1.54, 1.807) is 0 Å². The molecule has 0 aliphatic rings. The van der Waals surface area contributed by atoms with E-state index in [0.29, 0.717) is 11.8 Å². The molecule has 204 valence electrons. The van der Waals surface area contributed by atoms with Crippen molar-refractivity contribution in [2.45, 2.75) is 60.4 Å². The van der Waals surface area contributed by atoms with E-state index >= 15 is 0 Å². The molecule has 1 aromatic heterocycles. The molecule has 0 aliphatic heterocycles. The number of aromatic nitrogens is 1. The fraction of sp³-hybridized carbons (Fsp3) is 0.216. The molecule has 0 radical (unpaired) electrons. The van der Waals surface area contributed by atoms with Crippen LogP contribution in [-0.4, -0.2) is 11.2 Å². The van der Waals surface area contributed by atoms with Crippen molar-refractivity contribution in [3.63, 3.8) is 0 Å². The lowest BCUT2D eigenvalue weighted by Crippen LogP contribution is -2.18. The second-order valence-corrected chi connectivity index (χ2v) is 14.3. The van der Waals surface area contributed by atoms with Crippen LogP contribution < -0.4 is 5.32 Å². The lowest BCUT2D eigenvalue weighted by atomic mass is 9.91. The maximum atomic E-state index is 5.49. The van der Waals surface area contributed by atoms with Crippen molar-refractivity contribution >= 4 is 15.7 Å². The van der Waals surface area contributed by atoms with Gasteiger partial charge >= 0.3 is 0 Å². The van der Waals surface area contributed by atoms with Crippen LogP contribution in [0, 0.1) is 0 Å². The zero-order valence-electron chi connectivity index (χ0n) is 24.2. The Bertz CT molecular complexity index is 1460. The second-order valence-electron chi connectivity index (χ2n) is 11.1. The van der Waals surface area contributed by atoms with Gasteiger partial charge in [0.15, 0.2) is 0 Å². The zero-order chi connectivity index (χ0) is 28.1. The summed E-state index contributed by atoms with van der Waals surface area (Å²) in [6.45, 7) is 9.09. The zero-order valence-corrected chi connectivity index (χ0v) is 25.0. The van der Waals surface area contributed by atoms with Crippen molar-refractivity contribution in [1.29, 1.82) is 0 Å². The maximum absolute atomic E-state index is 5.49. The molecule has 0 spiro atoms. The van der Waals surface area contributed by atoms with Crippen LogP contribution >= 0.6 is 10.0 Å². The Hall–Kier alpha value is -3.82. The Morgan fingerprint density at radius 2 is 1.02 bits per heavy atom. The Morgan fingerprint density at radius 3 is 1.52 bits per heavy atom. The van der Waals surface area contributed by atoms with Gasteiger partial charge in [0, 0.05) is 5.69 Å². The van der Waals surface area contributed by atoms with Gasteiger partial charge in [-0.2, -0.15) is 0 Å². The molecule has 0 saturated heterocycles. The van der Waals surface area contributed by atoms with E-state index in [4.69, 9.17) is 4.98 Å². The largest absolute Gasteiger partial charge is 0.372 e. The highest BCUT2D eigenvalue weighted by Gasteiger charge is 2.29. The van der Waals surface area contributed by atoms with Gasteiger partial charge in [-0.05, 0) is 81.0 Å². The minimum absolute atomic E-state index is 0.0891. The fourth-order valence-electron chi connectivity index (χ4n) is 5.42. The third-order valence-corrected chi connectivity index (χ3v) is 11.2. The highest BCUT2D eigenvalue weighted by atomic mass is 32.3. The first kappa shape index (κ1) is 27.7. The molecule has 0 amide bonds. The number of rotatable bonds is 9. The van der Waals surface area contributed by atoms with Crippen LogP contribution in [0.4, 0.5) is 5.69 Å². The number of benzene rings is 4. The quantitative estimate of drug-likeness (QED) is 0.200. The number of hydrogen-bond donors (Lipinski definition) is 1. The van der Waals surface area contributed by atoms with E-state index in [1.165, 1.54) is 32.2 Å². The first-order chi connectivity index (χ1) is 19.4. The molecule has 3 heteroatoms. The van der Waals surface area contributed by atoms with E-state index < -0.39 is 10.0 Å². The number of nitrogens with zero attached hydrogens (tertiary/aromatic N) is 1. The maximum Gasteiger partial charge on any atom is 0.0940 e. The highest BCUT2D eigenvalue weighted by Crippen LogP contribution is 2.64. The van der Waals surface area contributed by atoms with Gasteiger partial charge in [-0.1, -0.05) is 119 Å². The highest BCUT2D eigenvalue weighted by molar-refractivity contribution is 8.33. The van der Waals surface area contributed by atoms with Crippen molar-refractivity contribution in [3.8, 4) is 0 Å². The molecule has 0 bridgehead atoms. The van der Waals surface area contributed by atoms with E-state index in [1.807, 2.05) is 0 Å². The molecule has 1 heterocycles. The van der Waals surface area contributed by atoms with Crippen molar-refractivity contribution < 1.29 is 0 Å². The fourth-order valence-corrected chi connectivity index (χ4v) is 8.21. The lowest BCUT2D eigenvalue weighted by molar-refractivity contribution is 0.807. The van der Waals surface area contributed by atoms with Gasteiger partial charge in [0.1, 0.15) is 0 Å². The third kappa shape index (κ3) is 5.57. The second kappa shape index (κ2) is 12.1. The van der Waals surface area contributed by atoms with E-state index in [-0.39, 0.29) is 6.04 Å². The molecule has 5 aromatic rings. The number of pyridine rings is 1. The summed E-state index contributed by atoms with van der Waals surface area (Å²) < 4.78 is 0. The van der Waals surface area contributed by atoms with Gasteiger partial charge in [-0.15, -0.1) is 10.0 Å². The lowest BCUT2D eigenvalue weighted by Gasteiger charge is -2.37. The van der Waals surface area contributed by atoms with Crippen LogP contribution in [0.15, 0.2) is 142 Å². The average Bonchev–Trinajstić information content (AvgIpc) is 3.00. The summed E-state index contributed by atoms with van der Waals surface area (Å²) in [6.07, 6.45) is 2.37. The summed E-state index contributed by atoms with van der Waals surface area (Å²) in [4.78, 5) is 8.11. The molecule has 0 aliphatic carbocycles. The number of hydrogen-bond acceptors (Lipinski definition) is 2. The molecule has 0 saturated carbocycles. The van der Waals surface area contributed by atoms with E-state index in [2.05, 4.69) is 167 Å². The molecule has 1 atom stereocenters. The van der Waals surface area contributed by atoms with E-state index in [0.717, 1.165) is 10.7 Å². The molecule has 40 heavy (non-hydrogen) atoms. The normalized spacial score (nSPS) is 12.9. The number of anilines is 1. The summed E-state index contributed by atoms with van der Waals surface area (Å²) in [5.41, 5.74) is 6.15. The minimum Gasteiger partial charge on any atom is -0.372 e.